The third kappa shape index (κ3) is 5.02. The summed E-state index contributed by atoms with van der Waals surface area (Å²) in [6.07, 6.45) is 2.55. The number of aromatic nitrogens is 2. The maximum atomic E-state index is 13.5. The second-order valence-electron chi connectivity index (χ2n) is 7.99. The van der Waals surface area contributed by atoms with E-state index in [2.05, 4.69) is 15.3 Å². The Morgan fingerprint density at radius 1 is 1.31 bits per heavy atom. The van der Waals surface area contributed by atoms with Crippen LogP contribution in [0.15, 0.2) is 30.3 Å². The van der Waals surface area contributed by atoms with Gasteiger partial charge in [-0.15, -0.1) is 0 Å². The Balaban J connectivity index is 1.44. The zero-order valence-electron chi connectivity index (χ0n) is 16.3. The van der Waals surface area contributed by atoms with Crippen molar-refractivity contribution in [3.05, 3.63) is 47.4 Å². The Morgan fingerprint density at radius 2 is 2.10 bits per heavy atom. The van der Waals surface area contributed by atoms with Crippen LogP contribution in [0.1, 0.15) is 36.6 Å². The molecule has 1 aromatic carbocycles. The van der Waals surface area contributed by atoms with Gasteiger partial charge in [0.1, 0.15) is 11.6 Å². The van der Waals surface area contributed by atoms with E-state index in [0.29, 0.717) is 24.8 Å². The highest BCUT2D eigenvalue weighted by Crippen LogP contribution is 2.29. The number of sulfone groups is 1. The van der Waals surface area contributed by atoms with Gasteiger partial charge in [-0.05, 0) is 43.9 Å². The predicted molar refractivity (Wildman–Crippen MR) is 108 cm³/mol. The van der Waals surface area contributed by atoms with Crippen LogP contribution in [0.3, 0.4) is 0 Å². The molecule has 2 aromatic rings. The number of benzene rings is 1. The van der Waals surface area contributed by atoms with E-state index < -0.39 is 9.84 Å². The van der Waals surface area contributed by atoms with E-state index in [1.54, 1.807) is 16.8 Å². The van der Waals surface area contributed by atoms with Crippen molar-refractivity contribution < 1.29 is 17.6 Å². The molecule has 1 unspecified atom stereocenters. The summed E-state index contributed by atoms with van der Waals surface area (Å²) in [7, 11) is -3.05. The standard InChI is InChI=1S/C20H25FN4O3S/c1-14-9-19(25(23-14)18-7-8-29(27,28)13-18)22-20(26)12-24(17-5-6-17)11-15-3-2-4-16(21)10-15/h2-4,9-10,17-18H,5-8,11-13H2,1H3,(H,22,26). The van der Waals surface area contributed by atoms with Gasteiger partial charge in [0, 0.05) is 18.7 Å². The minimum Gasteiger partial charge on any atom is -0.310 e. The summed E-state index contributed by atoms with van der Waals surface area (Å²) in [6, 6.07) is 8.27. The number of amides is 1. The van der Waals surface area contributed by atoms with Gasteiger partial charge in [0.05, 0.1) is 29.8 Å². The second-order valence-corrected chi connectivity index (χ2v) is 10.2. The number of rotatable bonds is 7. The Hall–Kier alpha value is -2.26. The van der Waals surface area contributed by atoms with Gasteiger partial charge in [0.15, 0.2) is 9.84 Å². The number of nitrogens with one attached hydrogen (secondary N) is 1. The first-order valence-corrected chi connectivity index (χ1v) is 11.7. The summed E-state index contributed by atoms with van der Waals surface area (Å²) in [4.78, 5) is 14.8. The molecule has 2 aliphatic rings. The molecule has 4 rings (SSSR count). The molecule has 7 nitrogen and oxygen atoms in total. The van der Waals surface area contributed by atoms with Crippen LogP contribution in [-0.2, 0) is 21.2 Å². The first-order chi connectivity index (χ1) is 13.8. The van der Waals surface area contributed by atoms with Crippen LogP contribution >= 0.6 is 0 Å². The van der Waals surface area contributed by atoms with Crippen molar-refractivity contribution in [1.29, 1.82) is 0 Å². The molecular weight excluding hydrogens is 395 g/mol. The summed E-state index contributed by atoms with van der Waals surface area (Å²) in [5.41, 5.74) is 1.56. The molecule has 9 heteroatoms. The molecule has 1 amide bonds. The van der Waals surface area contributed by atoms with E-state index in [1.807, 2.05) is 13.0 Å². The second kappa shape index (κ2) is 7.87. The fraction of sp³-hybridized carbons (Fsp3) is 0.500. The van der Waals surface area contributed by atoms with E-state index in [4.69, 9.17) is 0 Å². The highest BCUT2D eigenvalue weighted by atomic mass is 32.2. The summed E-state index contributed by atoms with van der Waals surface area (Å²) in [6.45, 7) is 2.51. The van der Waals surface area contributed by atoms with E-state index in [1.165, 1.54) is 12.1 Å². The smallest absolute Gasteiger partial charge is 0.239 e. The van der Waals surface area contributed by atoms with Crippen LogP contribution in [0.4, 0.5) is 10.2 Å². The van der Waals surface area contributed by atoms with Crippen LogP contribution in [0.5, 0.6) is 0 Å². The predicted octanol–water partition coefficient (Wildman–Crippen LogP) is 2.29. The molecule has 2 fully saturated rings. The number of carbonyl (C=O) groups excluding carboxylic acids is 1. The van der Waals surface area contributed by atoms with Crippen molar-refractivity contribution in [2.24, 2.45) is 0 Å². The highest BCUT2D eigenvalue weighted by Gasteiger charge is 2.33. The molecule has 2 heterocycles. The largest absolute Gasteiger partial charge is 0.310 e. The van der Waals surface area contributed by atoms with E-state index >= 15 is 0 Å². The first-order valence-electron chi connectivity index (χ1n) is 9.84. The zero-order chi connectivity index (χ0) is 20.6. The van der Waals surface area contributed by atoms with Crippen LogP contribution in [0, 0.1) is 12.7 Å². The summed E-state index contributed by atoms with van der Waals surface area (Å²) < 4.78 is 38.7. The molecule has 1 aliphatic carbocycles. The van der Waals surface area contributed by atoms with Gasteiger partial charge in [-0.2, -0.15) is 5.10 Å². The lowest BCUT2D eigenvalue weighted by Gasteiger charge is -2.22. The molecule has 1 atom stereocenters. The molecule has 29 heavy (non-hydrogen) atoms. The average molecular weight is 421 g/mol. The lowest BCUT2D eigenvalue weighted by atomic mass is 10.2. The maximum absolute atomic E-state index is 13.5. The van der Waals surface area contributed by atoms with Crippen LogP contribution < -0.4 is 5.32 Å². The lowest BCUT2D eigenvalue weighted by molar-refractivity contribution is -0.117. The molecule has 156 valence electrons. The molecule has 1 saturated carbocycles. The van der Waals surface area contributed by atoms with Gasteiger partial charge in [-0.25, -0.2) is 17.5 Å². The molecular formula is C20H25FN4O3S. The summed E-state index contributed by atoms with van der Waals surface area (Å²) in [5.74, 6) is 0.248. The van der Waals surface area contributed by atoms with Gasteiger partial charge in [-0.1, -0.05) is 12.1 Å². The maximum Gasteiger partial charge on any atom is 0.239 e. The lowest BCUT2D eigenvalue weighted by Crippen LogP contribution is -2.35. The van der Waals surface area contributed by atoms with Crippen LogP contribution in [0.25, 0.3) is 0 Å². The fourth-order valence-electron chi connectivity index (χ4n) is 3.85. The SMILES string of the molecule is Cc1cc(NC(=O)CN(Cc2cccc(F)c2)C2CC2)n(C2CCS(=O)(=O)C2)n1. The average Bonchev–Trinajstić information content (AvgIpc) is 3.33. The van der Waals surface area contributed by atoms with Gasteiger partial charge in [0.2, 0.25) is 5.91 Å². The van der Waals surface area contributed by atoms with Crippen LogP contribution in [0.2, 0.25) is 0 Å². The minimum absolute atomic E-state index is 0.0464. The Bertz CT molecular complexity index is 1020. The first kappa shape index (κ1) is 20.0. The van der Waals surface area contributed by atoms with Gasteiger partial charge in [0.25, 0.3) is 0 Å². The van der Waals surface area contributed by atoms with Crippen molar-refractivity contribution >= 4 is 21.6 Å². The molecule has 1 N–H and O–H groups in total. The Kier molecular flexibility index (Phi) is 5.44. The number of carbonyl (C=O) groups is 1. The number of nitrogens with zero attached hydrogens (tertiary/aromatic N) is 3. The summed E-state index contributed by atoms with van der Waals surface area (Å²) >= 11 is 0. The third-order valence-electron chi connectivity index (χ3n) is 5.36. The molecule has 0 radical (unpaired) electrons. The number of hydrogen-bond acceptors (Lipinski definition) is 5. The van der Waals surface area contributed by atoms with Crippen molar-refractivity contribution in [2.75, 3.05) is 23.4 Å². The molecule has 1 aliphatic heterocycles. The topological polar surface area (TPSA) is 84.3 Å². The zero-order valence-corrected chi connectivity index (χ0v) is 17.2. The van der Waals surface area contributed by atoms with E-state index in [0.717, 1.165) is 24.1 Å². The third-order valence-corrected chi connectivity index (χ3v) is 7.11. The van der Waals surface area contributed by atoms with Gasteiger partial charge < -0.3 is 5.32 Å². The molecule has 0 spiro atoms. The number of halogens is 1. The van der Waals surface area contributed by atoms with Gasteiger partial charge in [-0.3, -0.25) is 9.69 Å². The van der Waals surface area contributed by atoms with Crippen molar-refractivity contribution in [2.45, 2.75) is 44.8 Å². The summed E-state index contributed by atoms with van der Waals surface area (Å²) in [5, 5.41) is 7.29. The van der Waals surface area contributed by atoms with Crippen molar-refractivity contribution in [3.8, 4) is 0 Å². The Labute approximate surface area is 169 Å². The molecule has 0 bridgehead atoms. The quantitative estimate of drug-likeness (QED) is 0.743. The highest BCUT2D eigenvalue weighted by molar-refractivity contribution is 7.91. The van der Waals surface area contributed by atoms with Gasteiger partial charge >= 0.3 is 0 Å². The van der Waals surface area contributed by atoms with E-state index in [-0.39, 0.29) is 35.8 Å². The number of hydrogen-bond donors (Lipinski definition) is 1. The number of aryl methyl sites for hydroxylation is 1. The monoisotopic (exact) mass is 420 g/mol. The minimum atomic E-state index is -3.05. The fourth-order valence-corrected chi connectivity index (χ4v) is 5.54. The Morgan fingerprint density at radius 3 is 2.76 bits per heavy atom. The normalized spacial score (nSPS) is 20.9. The number of anilines is 1. The molecule has 1 saturated heterocycles. The van der Waals surface area contributed by atoms with Crippen LogP contribution in [-0.4, -0.2) is 53.1 Å². The molecule has 1 aromatic heterocycles. The van der Waals surface area contributed by atoms with Crippen molar-refractivity contribution in [3.63, 3.8) is 0 Å². The van der Waals surface area contributed by atoms with E-state index in [9.17, 15) is 17.6 Å². The van der Waals surface area contributed by atoms with Crippen molar-refractivity contribution in [1.82, 2.24) is 14.7 Å².